The molecule has 1 rings (SSSR count). The lowest BCUT2D eigenvalue weighted by Crippen LogP contribution is -2.27. The van der Waals surface area contributed by atoms with E-state index >= 15 is 0 Å². The molecule has 0 aliphatic heterocycles. The molecule has 9 heteroatoms. The van der Waals surface area contributed by atoms with Gasteiger partial charge >= 0.3 is 18.2 Å². The van der Waals surface area contributed by atoms with Gasteiger partial charge in [-0.3, -0.25) is 0 Å². The molecule has 0 aliphatic carbocycles. The highest BCUT2D eigenvalue weighted by Gasteiger charge is 2.28. The number of aromatic hydroxyl groups is 1. The van der Waals surface area contributed by atoms with Gasteiger partial charge in [0.25, 0.3) is 0 Å². The van der Waals surface area contributed by atoms with E-state index in [-0.39, 0.29) is 0 Å². The molecule has 0 fully saturated rings. The Hall–Kier alpha value is -1.32. The second-order valence-corrected chi connectivity index (χ2v) is 7.04. The molecule has 7 nitrogen and oxygen atoms in total. The maximum Gasteiger partial charge on any atom is 0.433 e. The molecular formula is C6H7NO6S2. The maximum absolute atomic E-state index is 10.9. The van der Waals surface area contributed by atoms with Crippen LogP contribution in [-0.2, 0) is 18.2 Å². The van der Waals surface area contributed by atoms with Crippen LogP contribution in [0, 0.1) is 0 Å². The molecule has 15 heavy (non-hydrogen) atoms. The van der Waals surface area contributed by atoms with E-state index in [9.17, 15) is 16.8 Å². The smallest absolute Gasteiger partial charge is 0.433 e. The summed E-state index contributed by atoms with van der Waals surface area (Å²) in [6, 6.07) is 4.98. The summed E-state index contributed by atoms with van der Waals surface area (Å²) in [5, 5.41) is 13.5. The molecule has 0 aliphatic rings. The third-order valence-electron chi connectivity index (χ3n) is 1.34. The summed E-state index contributed by atoms with van der Waals surface area (Å²) in [6.07, 6.45) is 0. The zero-order valence-electron chi connectivity index (χ0n) is 7.19. The lowest BCUT2D eigenvalue weighted by Gasteiger charge is -2.05. The van der Waals surface area contributed by atoms with Crippen LogP contribution in [0.25, 0.3) is 0 Å². The minimum Gasteiger partial charge on any atom is -0.504 e. The van der Waals surface area contributed by atoms with Crippen LogP contribution < -0.4 is 9.32 Å². The largest absolute Gasteiger partial charge is 0.504 e. The van der Waals surface area contributed by atoms with Crippen molar-refractivity contribution < 1.29 is 26.1 Å². The number of nitrogens with two attached hydrogens (primary N) is 1. The molecule has 0 saturated heterocycles. The van der Waals surface area contributed by atoms with Crippen molar-refractivity contribution in [2.45, 2.75) is 0 Å². The Morgan fingerprint density at radius 3 is 2.13 bits per heavy atom. The highest BCUT2D eigenvalue weighted by atomic mass is 33.2. The van der Waals surface area contributed by atoms with Gasteiger partial charge in [0.15, 0.2) is 11.5 Å². The van der Waals surface area contributed by atoms with E-state index in [1.54, 1.807) is 0 Å². The van der Waals surface area contributed by atoms with Crippen LogP contribution in [0.1, 0.15) is 0 Å². The van der Waals surface area contributed by atoms with Gasteiger partial charge in [0.05, 0.1) is 0 Å². The summed E-state index contributed by atoms with van der Waals surface area (Å²) in [4.78, 5) is 0. The Morgan fingerprint density at radius 2 is 1.67 bits per heavy atom. The van der Waals surface area contributed by atoms with Crippen molar-refractivity contribution in [1.82, 2.24) is 0 Å². The van der Waals surface area contributed by atoms with E-state index in [0.29, 0.717) is 0 Å². The molecule has 0 aromatic heterocycles. The van der Waals surface area contributed by atoms with Crippen LogP contribution in [0.4, 0.5) is 0 Å². The van der Waals surface area contributed by atoms with Gasteiger partial charge in [-0.2, -0.15) is 16.8 Å². The third-order valence-corrected chi connectivity index (χ3v) is 4.21. The average Bonchev–Trinajstić information content (AvgIpc) is 2.06. The Kier molecular flexibility index (Phi) is 2.88. The van der Waals surface area contributed by atoms with Gasteiger partial charge in [-0.25, -0.2) is 5.14 Å². The number of phenols is 1. The first-order chi connectivity index (χ1) is 6.74. The van der Waals surface area contributed by atoms with Crippen LogP contribution in [0.3, 0.4) is 0 Å². The molecule has 0 amide bonds. The number of rotatable bonds is 3. The second-order valence-electron chi connectivity index (χ2n) is 2.45. The van der Waals surface area contributed by atoms with E-state index < -0.39 is 29.7 Å². The topological polar surface area (TPSA) is 124 Å². The highest BCUT2D eigenvalue weighted by molar-refractivity contribution is 8.64. The SMILES string of the molecule is NS(=O)(=O)S(=O)(=O)Oc1ccccc1O. The number of para-hydroxylation sites is 2. The fraction of sp³-hybridized carbons (Fsp3) is 0. The molecule has 1 aromatic rings. The average molecular weight is 253 g/mol. The number of phenolic OH excluding ortho intramolecular Hbond substituents is 1. The Bertz CT molecular complexity index is 561. The van der Waals surface area contributed by atoms with Crippen molar-refractivity contribution in [3.05, 3.63) is 24.3 Å². The summed E-state index contributed by atoms with van der Waals surface area (Å²) in [6.45, 7) is 0. The van der Waals surface area contributed by atoms with Crippen molar-refractivity contribution in [2.24, 2.45) is 5.14 Å². The van der Waals surface area contributed by atoms with Crippen LogP contribution in [0.5, 0.6) is 11.5 Å². The van der Waals surface area contributed by atoms with E-state index in [2.05, 4.69) is 9.32 Å². The standard InChI is InChI=1S/C6H7NO6S2/c7-14(9,10)15(11,12)13-6-4-2-1-3-5(6)8/h1-4,8H,(H2,7,9,10). The van der Waals surface area contributed by atoms with E-state index in [1.807, 2.05) is 0 Å². The van der Waals surface area contributed by atoms with Gasteiger partial charge in [0, 0.05) is 0 Å². The first-order valence-electron chi connectivity index (χ1n) is 3.49. The minimum absolute atomic E-state index is 0.508. The van der Waals surface area contributed by atoms with Gasteiger partial charge in [-0.1, -0.05) is 12.1 Å². The number of benzene rings is 1. The molecule has 0 radical (unpaired) electrons. The van der Waals surface area contributed by atoms with Crippen molar-refractivity contribution >= 4 is 18.2 Å². The predicted molar refractivity (Wildman–Crippen MR) is 50.8 cm³/mol. The molecule has 0 spiro atoms. The van der Waals surface area contributed by atoms with Crippen LogP contribution in [0.15, 0.2) is 24.3 Å². The Morgan fingerprint density at radius 1 is 1.13 bits per heavy atom. The highest BCUT2D eigenvalue weighted by Crippen LogP contribution is 2.26. The summed E-state index contributed by atoms with van der Waals surface area (Å²) in [5.74, 6) is -1.02. The van der Waals surface area contributed by atoms with Gasteiger partial charge in [0.1, 0.15) is 0 Å². The Labute approximate surface area is 85.7 Å². The Balaban J connectivity index is 3.14. The summed E-state index contributed by atoms with van der Waals surface area (Å²) >= 11 is 0. The van der Waals surface area contributed by atoms with E-state index in [0.717, 1.165) is 12.1 Å². The molecule has 1 aromatic carbocycles. The quantitative estimate of drug-likeness (QED) is 0.687. The van der Waals surface area contributed by atoms with Gasteiger partial charge < -0.3 is 9.29 Å². The van der Waals surface area contributed by atoms with Gasteiger partial charge in [-0.15, -0.1) is 0 Å². The minimum atomic E-state index is -4.98. The summed E-state index contributed by atoms with van der Waals surface area (Å²) in [5.41, 5.74) is 0. The number of hydrogen-bond acceptors (Lipinski definition) is 6. The monoisotopic (exact) mass is 253 g/mol. The fourth-order valence-electron chi connectivity index (χ4n) is 0.685. The normalized spacial score (nSPS) is 12.3. The summed E-state index contributed by atoms with van der Waals surface area (Å²) < 4.78 is 47.1. The molecule has 0 atom stereocenters. The molecular weight excluding hydrogens is 246 g/mol. The zero-order chi connectivity index (χ0) is 11.7. The molecule has 84 valence electrons. The van der Waals surface area contributed by atoms with Crippen molar-refractivity contribution in [3.63, 3.8) is 0 Å². The van der Waals surface area contributed by atoms with E-state index in [4.69, 9.17) is 5.11 Å². The van der Waals surface area contributed by atoms with Gasteiger partial charge in [-0.05, 0) is 12.1 Å². The molecule has 0 unspecified atom stereocenters. The summed E-state index contributed by atoms with van der Waals surface area (Å²) in [7, 11) is -9.86. The van der Waals surface area contributed by atoms with Crippen LogP contribution in [0.2, 0.25) is 0 Å². The maximum atomic E-state index is 10.9. The molecule has 0 saturated carbocycles. The number of hydrogen-bond donors (Lipinski definition) is 2. The third kappa shape index (κ3) is 2.58. The van der Waals surface area contributed by atoms with Crippen LogP contribution >= 0.6 is 0 Å². The molecule has 0 heterocycles. The predicted octanol–water partition coefficient (Wildman–Crippen LogP) is -0.696. The van der Waals surface area contributed by atoms with E-state index in [1.165, 1.54) is 12.1 Å². The van der Waals surface area contributed by atoms with Gasteiger partial charge in [0.2, 0.25) is 0 Å². The molecule has 3 N–H and O–H groups in total. The fourth-order valence-corrected chi connectivity index (χ4v) is 1.65. The zero-order valence-corrected chi connectivity index (χ0v) is 8.82. The lowest BCUT2D eigenvalue weighted by atomic mass is 10.3. The van der Waals surface area contributed by atoms with Crippen molar-refractivity contribution in [3.8, 4) is 11.5 Å². The van der Waals surface area contributed by atoms with Crippen molar-refractivity contribution in [1.29, 1.82) is 0 Å². The lowest BCUT2D eigenvalue weighted by molar-refractivity contribution is 0.432. The molecule has 0 bridgehead atoms. The van der Waals surface area contributed by atoms with Crippen LogP contribution in [-0.4, -0.2) is 21.9 Å². The first kappa shape index (κ1) is 11.8. The second kappa shape index (κ2) is 3.68. The first-order valence-corrected chi connectivity index (χ1v) is 6.96. The van der Waals surface area contributed by atoms with Crippen molar-refractivity contribution in [2.75, 3.05) is 0 Å².